The van der Waals surface area contributed by atoms with Gasteiger partial charge in [-0.05, 0) is 38.1 Å². The van der Waals surface area contributed by atoms with Crippen molar-refractivity contribution in [1.29, 1.82) is 0 Å². The number of ether oxygens (including phenoxy) is 2. The summed E-state index contributed by atoms with van der Waals surface area (Å²) in [5, 5.41) is 3.87. The number of benzene rings is 1. The summed E-state index contributed by atoms with van der Waals surface area (Å²) in [6, 6.07) is 6.52. The molecule has 24 heavy (non-hydrogen) atoms. The van der Waals surface area contributed by atoms with Crippen LogP contribution in [0.2, 0.25) is 0 Å². The van der Waals surface area contributed by atoms with Crippen molar-refractivity contribution < 1.29 is 23.6 Å². The fraction of sp³-hybridized carbons (Fsp3) is 0.353. The van der Waals surface area contributed by atoms with E-state index >= 15 is 0 Å². The molecule has 128 valence electrons. The van der Waals surface area contributed by atoms with Crippen LogP contribution in [0, 0.1) is 13.8 Å². The van der Waals surface area contributed by atoms with Gasteiger partial charge < -0.3 is 18.9 Å². The van der Waals surface area contributed by atoms with Crippen molar-refractivity contribution >= 4 is 11.9 Å². The summed E-state index contributed by atoms with van der Waals surface area (Å²) in [5.41, 5.74) is 2.05. The summed E-state index contributed by atoms with van der Waals surface area (Å²) in [5.74, 6) is 0.499. The van der Waals surface area contributed by atoms with Gasteiger partial charge in [-0.15, -0.1) is 0 Å². The van der Waals surface area contributed by atoms with Crippen molar-refractivity contribution in [3.05, 3.63) is 46.8 Å². The summed E-state index contributed by atoms with van der Waals surface area (Å²) >= 11 is 0. The third-order valence-electron chi connectivity index (χ3n) is 3.48. The normalized spacial score (nSPS) is 10.3. The predicted octanol–water partition coefficient (Wildman–Crippen LogP) is 2.12. The summed E-state index contributed by atoms with van der Waals surface area (Å²) in [6.45, 7) is 3.73. The van der Waals surface area contributed by atoms with Gasteiger partial charge in [-0.3, -0.25) is 4.79 Å². The van der Waals surface area contributed by atoms with Crippen LogP contribution < -0.4 is 4.74 Å². The monoisotopic (exact) mass is 332 g/mol. The SMILES string of the molecule is Cc1noc(C)c1COc1ccc(C(=O)OCC(=O)N(C)C)cc1. The Balaban J connectivity index is 1.90. The van der Waals surface area contributed by atoms with Crippen molar-refractivity contribution in [3.8, 4) is 5.75 Å². The van der Waals surface area contributed by atoms with Crippen molar-refractivity contribution in [1.82, 2.24) is 10.1 Å². The molecule has 0 aliphatic rings. The van der Waals surface area contributed by atoms with Crippen molar-refractivity contribution in [2.45, 2.75) is 20.5 Å². The van der Waals surface area contributed by atoms with E-state index in [1.807, 2.05) is 13.8 Å². The molecule has 7 nitrogen and oxygen atoms in total. The zero-order valence-electron chi connectivity index (χ0n) is 14.2. The van der Waals surface area contributed by atoms with Gasteiger partial charge >= 0.3 is 5.97 Å². The number of hydrogen-bond donors (Lipinski definition) is 0. The smallest absolute Gasteiger partial charge is 0.338 e. The number of carbonyl (C=O) groups excluding carboxylic acids is 2. The summed E-state index contributed by atoms with van der Waals surface area (Å²) in [6.07, 6.45) is 0. The van der Waals surface area contributed by atoms with E-state index in [1.54, 1.807) is 38.4 Å². The molecular formula is C17H20N2O5. The molecule has 0 atom stereocenters. The average Bonchev–Trinajstić information content (AvgIpc) is 2.89. The van der Waals surface area contributed by atoms with E-state index in [0.29, 0.717) is 17.9 Å². The third kappa shape index (κ3) is 4.34. The van der Waals surface area contributed by atoms with Crippen LogP contribution in [0.25, 0.3) is 0 Å². The van der Waals surface area contributed by atoms with Gasteiger partial charge in [0.2, 0.25) is 0 Å². The summed E-state index contributed by atoms with van der Waals surface area (Å²) in [7, 11) is 3.20. The molecule has 1 aromatic carbocycles. The maximum atomic E-state index is 11.9. The fourth-order valence-corrected chi connectivity index (χ4v) is 1.89. The molecule has 0 N–H and O–H groups in total. The van der Waals surface area contributed by atoms with Gasteiger partial charge in [0, 0.05) is 14.1 Å². The zero-order valence-corrected chi connectivity index (χ0v) is 14.2. The standard InChI is InChI=1S/C17H20N2O5/c1-11-15(12(2)24-18-11)9-22-14-7-5-13(6-8-14)17(21)23-10-16(20)19(3)4/h5-8H,9-10H2,1-4H3. The Kier molecular flexibility index (Phi) is 5.57. The molecule has 0 radical (unpaired) electrons. The van der Waals surface area contributed by atoms with Crippen molar-refractivity contribution in [2.75, 3.05) is 20.7 Å². The van der Waals surface area contributed by atoms with Crippen LogP contribution in [0.4, 0.5) is 0 Å². The number of nitrogens with zero attached hydrogens (tertiary/aromatic N) is 2. The quantitative estimate of drug-likeness (QED) is 0.754. The van der Waals surface area contributed by atoms with Crippen LogP contribution in [0.3, 0.4) is 0 Å². The summed E-state index contributed by atoms with van der Waals surface area (Å²) in [4.78, 5) is 24.6. The highest BCUT2D eigenvalue weighted by molar-refractivity contribution is 5.91. The Hall–Kier alpha value is -2.83. The Morgan fingerprint density at radius 2 is 1.83 bits per heavy atom. The van der Waals surface area contributed by atoms with Crippen LogP contribution in [-0.4, -0.2) is 42.6 Å². The first-order chi connectivity index (χ1) is 11.4. The topological polar surface area (TPSA) is 81.9 Å². The molecule has 0 spiro atoms. The van der Waals surface area contributed by atoms with E-state index < -0.39 is 5.97 Å². The lowest BCUT2D eigenvalue weighted by molar-refractivity contribution is -0.131. The van der Waals surface area contributed by atoms with E-state index in [0.717, 1.165) is 17.0 Å². The molecule has 1 aromatic heterocycles. The van der Waals surface area contributed by atoms with E-state index in [-0.39, 0.29) is 12.5 Å². The van der Waals surface area contributed by atoms with E-state index in [2.05, 4.69) is 5.16 Å². The lowest BCUT2D eigenvalue weighted by atomic mass is 10.2. The van der Waals surface area contributed by atoms with Crippen LogP contribution in [-0.2, 0) is 16.1 Å². The second-order valence-electron chi connectivity index (χ2n) is 5.48. The summed E-state index contributed by atoms with van der Waals surface area (Å²) < 4.78 is 15.7. The highest BCUT2D eigenvalue weighted by atomic mass is 16.5. The molecule has 2 aromatic rings. The van der Waals surface area contributed by atoms with Crippen LogP contribution in [0.1, 0.15) is 27.4 Å². The first-order valence-corrected chi connectivity index (χ1v) is 7.40. The van der Waals surface area contributed by atoms with Crippen LogP contribution in [0.5, 0.6) is 5.75 Å². The maximum absolute atomic E-state index is 11.9. The Labute approximate surface area is 140 Å². The Morgan fingerprint density at radius 1 is 1.17 bits per heavy atom. The number of esters is 1. The largest absolute Gasteiger partial charge is 0.489 e. The number of rotatable bonds is 6. The molecule has 0 saturated heterocycles. The number of likely N-dealkylation sites (N-methyl/N-ethyl adjacent to an activating group) is 1. The molecule has 0 fully saturated rings. The molecule has 0 unspecified atom stereocenters. The number of carbonyl (C=O) groups is 2. The molecular weight excluding hydrogens is 312 g/mol. The van der Waals surface area contributed by atoms with Gasteiger partial charge in [-0.2, -0.15) is 0 Å². The average molecular weight is 332 g/mol. The second kappa shape index (κ2) is 7.63. The van der Waals surface area contributed by atoms with Crippen molar-refractivity contribution in [3.63, 3.8) is 0 Å². The molecule has 2 rings (SSSR count). The lowest BCUT2D eigenvalue weighted by Crippen LogP contribution is -2.27. The lowest BCUT2D eigenvalue weighted by Gasteiger charge is -2.10. The van der Waals surface area contributed by atoms with E-state index in [4.69, 9.17) is 14.0 Å². The van der Waals surface area contributed by atoms with Gasteiger partial charge in [0.25, 0.3) is 5.91 Å². The van der Waals surface area contributed by atoms with Gasteiger partial charge in [0.05, 0.1) is 16.8 Å². The van der Waals surface area contributed by atoms with Crippen molar-refractivity contribution in [2.24, 2.45) is 0 Å². The van der Waals surface area contributed by atoms with Crippen LogP contribution in [0.15, 0.2) is 28.8 Å². The molecule has 0 aliphatic heterocycles. The highest BCUT2D eigenvalue weighted by Gasteiger charge is 2.12. The first kappa shape index (κ1) is 17.5. The minimum atomic E-state index is -0.553. The number of aromatic nitrogens is 1. The van der Waals surface area contributed by atoms with Gasteiger partial charge in [0.15, 0.2) is 6.61 Å². The fourth-order valence-electron chi connectivity index (χ4n) is 1.89. The number of aryl methyl sites for hydroxylation is 2. The molecule has 0 saturated carbocycles. The molecule has 1 heterocycles. The van der Waals surface area contributed by atoms with E-state index in [9.17, 15) is 9.59 Å². The first-order valence-electron chi connectivity index (χ1n) is 7.40. The highest BCUT2D eigenvalue weighted by Crippen LogP contribution is 2.18. The van der Waals surface area contributed by atoms with Gasteiger partial charge in [-0.1, -0.05) is 5.16 Å². The van der Waals surface area contributed by atoms with Gasteiger partial charge in [-0.25, -0.2) is 4.79 Å². The van der Waals surface area contributed by atoms with E-state index in [1.165, 1.54) is 4.90 Å². The Bertz CT molecular complexity index is 700. The van der Waals surface area contributed by atoms with Crippen LogP contribution >= 0.6 is 0 Å². The minimum Gasteiger partial charge on any atom is -0.489 e. The number of hydrogen-bond acceptors (Lipinski definition) is 6. The third-order valence-corrected chi connectivity index (χ3v) is 3.48. The maximum Gasteiger partial charge on any atom is 0.338 e. The predicted molar refractivity (Wildman–Crippen MR) is 85.7 cm³/mol. The minimum absolute atomic E-state index is 0.275. The molecule has 1 amide bonds. The molecule has 0 aliphatic carbocycles. The van der Waals surface area contributed by atoms with Gasteiger partial charge in [0.1, 0.15) is 18.1 Å². The Morgan fingerprint density at radius 3 is 2.38 bits per heavy atom. The molecule has 0 bridgehead atoms. The zero-order chi connectivity index (χ0) is 17.7. The second-order valence-corrected chi connectivity index (χ2v) is 5.48. The molecule has 7 heteroatoms. The number of amides is 1.